The van der Waals surface area contributed by atoms with Crippen LogP contribution < -0.4 is 20.1 Å². The SMILES string of the molecule is CC(C)(C)c1ccc(-c2cc(O[C@@H]3C[C@H]4C(=O)N[C@]5(C(=O)NS(=O)(=O)C6CC6)C[C@H]5C=CCCCCC[C@H](NC(=O)OC5CCCC5)C(=O)N4C3)n3nc4ccccc4c3n2)cc1. The number of ether oxygens (including phenoxy) is 2. The van der Waals surface area contributed by atoms with Gasteiger partial charge in [0.05, 0.1) is 23.0 Å². The Bertz CT molecular complexity index is 2560. The number of hydrogen-bond acceptors (Lipinski definition) is 10. The van der Waals surface area contributed by atoms with E-state index < -0.39 is 68.7 Å². The maximum atomic E-state index is 14.8. The lowest BCUT2D eigenvalue weighted by molar-refractivity contribution is -0.141. The molecule has 63 heavy (non-hydrogen) atoms. The predicted molar refractivity (Wildman–Crippen MR) is 236 cm³/mol. The van der Waals surface area contributed by atoms with Gasteiger partial charge in [0, 0.05) is 29.4 Å². The molecule has 2 aromatic heterocycles. The molecular formula is C47H57N7O8S. The maximum Gasteiger partial charge on any atom is 0.408 e. The minimum atomic E-state index is -3.91. The van der Waals surface area contributed by atoms with Crippen molar-refractivity contribution < 1.29 is 37.1 Å². The number of allylic oxidation sites excluding steroid dienone is 1. The van der Waals surface area contributed by atoms with Gasteiger partial charge in [-0.05, 0) is 87.3 Å². The van der Waals surface area contributed by atoms with Crippen LogP contribution in [-0.4, -0.2) is 93.4 Å². The molecule has 5 aliphatic rings. The van der Waals surface area contributed by atoms with Crippen LogP contribution in [0.4, 0.5) is 4.79 Å². The van der Waals surface area contributed by atoms with Crippen molar-refractivity contribution in [1.29, 1.82) is 0 Å². The van der Waals surface area contributed by atoms with Crippen LogP contribution in [0, 0.1) is 5.92 Å². The molecule has 15 nitrogen and oxygen atoms in total. The molecule has 0 bridgehead atoms. The average Bonchev–Trinajstić information content (AvgIpc) is 4.06. The number of alkyl carbamates (subject to hydrolysis) is 1. The third-order valence-electron chi connectivity index (χ3n) is 13.3. The average molecular weight is 880 g/mol. The highest BCUT2D eigenvalue weighted by Gasteiger charge is 2.62. The zero-order valence-corrected chi connectivity index (χ0v) is 37.0. The number of carbonyl (C=O) groups is 4. The predicted octanol–water partition coefficient (Wildman–Crippen LogP) is 6.24. The molecule has 0 radical (unpaired) electrons. The Balaban J connectivity index is 1.05. The van der Waals surface area contributed by atoms with Crippen molar-refractivity contribution >= 4 is 50.4 Å². The monoisotopic (exact) mass is 879 g/mol. The molecule has 2 aliphatic heterocycles. The van der Waals surface area contributed by atoms with E-state index >= 15 is 0 Å². The Morgan fingerprint density at radius 2 is 1.67 bits per heavy atom. The molecule has 4 heterocycles. The van der Waals surface area contributed by atoms with Crippen LogP contribution in [0.2, 0.25) is 0 Å². The van der Waals surface area contributed by atoms with E-state index in [1.807, 2.05) is 54.6 Å². The molecule has 1 saturated heterocycles. The number of benzene rings is 2. The number of fused-ring (bicyclic) bond motifs is 5. The summed E-state index contributed by atoms with van der Waals surface area (Å²) in [5.74, 6) is -1.95. The van der Waals surface area contributed by atoms with Gasteiger partial charge in [0.25, 0.3) is 5.91 Å². The van der Waals surface area contributed by atoms with Gasteiger partial charge in [0.1, 0.15) is 29.8 Å². The maximum absolute atomic E-state index is 14.8. The van der Waals surface area contributed by atoms with Gasteiger partial charge in [-0.2, -0.15) is 9.61 Å². The zero-order valence-electron chi connectivity index (χ0n) is 36.2. The highest BCUT2D eigenvalue weighted by Crippen LogP contribution is 2.46. The normalized spacial score (nSPS) is 26.0. The van der Waals surface area contributed by atoms with Crippen molar-refractivity contribution in [3.63, 3.8) is 0 Å². The lowest BCUT2D eigenvalue weighted by Gasteiger charge is -2.30. The molecule has 4 fully saturated rings. The first kappa shape index (κ1) is 42.8. The Kier molecular flexibility index (Phi) is 11.5. The topological polar surface area (TPSA) is 190 Å². The van der Waals surface area contributed by atoms with Crippen molar-refractivity contribution in [1.82, 2.24) is 34.9 Å². The molecule has 3 N–H and O–H groups in total. The van der Waals surface area contributed by atoms with E-state index in [-0.39, 0.29) is 30.9 Å². The second-order valence-corrected chi connectivity index (χ2v) is 21.0. The summed E-state index contributed by atoms with van der Waals surface area (Å²) in [6, 6.07) is 15.6. The fourth-order valence-electron chi connectivity index (χ4n) is 9.33. The number of amides is 4. The summed E-state index contributed by atoms with van der Waals surface area (Å²) >= 11 is 0. The van der Waals surface area contributed by atoms with E-state index in [2.05, 4.69) is 48.3 Å². The molecule has 4 amide bonds. The van der Waals surface area contributed by atoms with E-state index in [0.717, 1.165) is 49.5 Å². The Labute approximate surface area is 367 Å². The zero-order chi connectivity index (χ0) is 44.1. The summed E-state index contributed by atoms with van der Waals surface area (Å²) in [5, 5.41) is 10.8. The van der Waals surface area contributed by atoms with Gasteiger partial charge in [0.15, 0.2) is 5.65 Å². The van der Waals surface area contributed by atoms with Crippen molar-refractivity contribution in [2.45, 2.75) is 145 Å². The Hall–Kier alpha value is -5.51. The second kappa shape index (κ2) is 16.9. The summed E-state index contributed by atoms with van der Waals surface area (Å²) < 4.78 is 42.4. The molecule has 4 aromatic rings. The number of hydrogen-bond donors (Lipinski definition) is 3. The third-order valence-corrected chi connectivity index (χ3v) is 15.1. The van der Waals surface area contributed by atoms with Crippen LogP contribution in [0.5, 0.6) is 5.88 Å². The molecule has 0 unspecified atom stereocenters. The minimum absolute atomic E-state index is 0.0222. The largest absolute Gasteiger partial charge is 0.472 e. The lowest BCUT2D eigenvalue weighted by atomic mass is 9.86. The van der Waals surface area contributed by atoms with Crippen LogP contribution in [0.3, 0.4) is 0 Å². The highest BCUT2D eigenvalue weighted by atomic mass is 32.2. The van der Waals surface area contributed by atoms with Gasteiger partial charge >= 0.3 is 6.09 Å². The Morgan fingerprint density at radius 3 is 2.41 bits per heavy atom. The van der Waals surface area contributed by atoms with Gasteiger partial charge in [0.2, 0.25) is 27.7 Å². The van der Waals surface area contributed by atoms with Gasteiger partial charge in [-0.1, -0.05) is 82.2 Å². The van der Waals surface area contributed by atoms with Crippen molar-refractivity contribution in [2.24, 2.45) is 5.92 Å². The molecule has 2 aromatic carbocycles. The van der Waals surface area contributed by atoms with E-state index in [4.69, 9.17) is 19.6 Å². The van der Waals surface area contributed by atoms with Crippen molar-refractivity contribution in [3.05, 3.63) is 72.3 Å². The van der Waals surface area contributed by atoms with Crippen LogP contribution in [0.15, 0.2) is 66.7 Å². The van der Waals surface area contributed by atoms with Gasteiger partial charge < -0.3 is 25.0 Å². The fourth-order valence-corrected chi connectivity index (χ4v) is 10.7. The number of nitrogens with zero attached hydrogens (tertiary/aromatic N) is 4. The minimum Gasteiger partial charge on any atom is -0.472 e. The first-order valence-electron chi connectivity index (χ1n) is 22.6. The summed E-state index contributed by atoms with van der Waals surface area (Å²) in [6.07, 6.45) is 10.1. The molecule has 9 rings (SSSR count). The van der Waals surface area contributed by atoms with Crippen LogP contribution in [0.1, 0.15) is 110 Å². The van der Waals surface area contributed by atoms with E-state index in [0.29, 0.717) is 54.8 Å². The van der Waals surface area contributed by atoms with E-state index in [9.17, 15) is 27.6 Å². The summed E-state index contributed by atoms with van der Waals surface area (Å²) in [5.41, 5.74) is 2.41. The van der Waals surface area contributed by atoms with E-state index in [1.54, 1.807) is 4.52 Å². The summed E-state index contributed by atoms with van der Waals surface area (Å²) in [6.45, 7) is 6.45. The van der Waals surface area contributed by atoms with Gasteiger partial charge in [-0.15, -0.1) is 0 Å². The second-order valence-electron chi connectivity index (χ2n) is 19.1. The van der Waals surface area contributed by atoms with Crippen LogP contribution >= 0.6 is 0 Å². The molecule has 5 atom stereocenters. The first-order chi connectivity index (χ1) is 30.2. The smallest absolute Gasteiger partial charge is 0.408 e. The fraction of sp³-hybridized carbons (Fsp3) is 0.532. The quantitative estimate of drug-likeness (QED) is 0.171. The third kappa shape index (κ3) is 9.00. The van der Waals surface area contributed by atoms with Crippen LogP contribution in [0.25, 0.3) is 27.8 Å². The molecule has 3 aliphatic carbocycles. The molecule has 16 heteroatoms. The molecule has 3 saturated carbocycles. The Morgan fingerprint density at radius 1 is 0.921 bits per heavy atom. The molecule has 334 valence electrons. The number of rotatable bonds is 8. The van der Waals surface area contributed by atoms with E-state index in [1.165, 1.54) is 10.5 Å². The van der Waals surface area contributed by atoms with Crippen LogP contribution in [-0.2, 0) is 34.6 Å². The van der Waals surface area contributed by atoms with Crippen molar-refractivity contribution in [2.75, 3.05) is 6.54 Å². The summed E-state index contributed by atoms with van der Waals surface area (Å²) in [7, 11) is -3.91. The molecular weight excluding hydrogens is 823 g/mol. The van der Waals surface area contributed by atoms with Gasteiger partial charge in [-0.3, -0.25) is 19.1 Å². The molecule has 0 spiro atoms. The lowest BCUT2D eigenvalue weighted by Crippen LogP contribution is -2.58. The number of aromatic nitrogens is 3. The van der Waals surface area contributed by atoms with Crippen molar-refractivity contribution in [3.8, 4) is 17.1 Å². The summed E-state index contributed by atoms with van der Waals surface area (Å²) in [4.78, 5) is 63.3. The number of sulfonamides is 1. The first-order valence-corrected chi connectivity index (χ1v) is 24.1. The number of nitrogens with one attached hydrogen (secondary N) is 3. The van der Waals surface area contributed by atoms with Gasteiger partial charge in [-0.25, -0.2) is 18.2 Å². The highest BCUT2D eigenvalue weighted by molar-refractivity contribution is 7.91. The standard InChI is InChI=1S/C47H57N7O8S/c1-46(2,3)30-21-19-29(20-22-30)38-26-40(54-41(48-38)35-16-11-12-17-36(35)51-54)61-33-25-39-42(55)50-47(44(57)52-63(59,60)34-23-24-34)27-31(47)13-7-5-4-6-8-18-37(43(56)53(39)28-33)49-45(58)62-32-14-9-10-15-32/h7,11-13,16-17,19-22,26,31-34,37,39H,4-6,8-10,14-15,18,23-25,27-28H2,1-3H3,(H,49,58)(H,50,55)(H,52,57)/t31-,33-,37+,39+,47-/m1/s1. The number of carbonyl (C=O) groups excluding carboxylic acids is 4.